The van der Waals surface area contributed by atoms with Gasteiger partial charge in [-0.05, 0) is 42.8 Å². The van der Waals surface area contributed by atoms with E-state index in [1.165, 1.54) is 5.56 Å². The highest BCUT2D eigenvalue weighted by Crippen LogP contribution is 2.51. The van der Waals surface area contributed by atoms with E-state index >= 15 is 0 Å². The molecule has 0 radical (unpaired) electrons. The third-order valence-electron chi connectivity index (χ3n) is 5.76. The van der Waals surface area contributed by atoms with Crippen LogP contribution in [-0.2, 0) is 11.2 Å². The molecule has 4 aliphatic rings. The molecule has 0 saturated heterocycles. The van der Waals surface area contributed by atoms with Gasteiger partial charge in [-0.25, -0.2) is 4.79 Å². The monoisotopic (exact) mass is 367 g/mol. The van der Waals surface area contributed by atoms with Crippen LogP contribution in [-0.4, -0.2) is 38.0 Å². The minimum atomic E-state index is -0.411. The molecule has 27 heavy (non-hydrogen) atoms. The molecule has 0 amide bonds. The minimum Gasteiger partial charge on any atom is -0.454 e. The molecule has 0 aromatic heterocycles. The summed E-state index contributed by atoms with van der Waals surface area (Å²) >= 11 is 0. The molecule has 2 atom stereocenters. The van der Waals surface area contributed by atoms with E-state index in [1.54, 1.807) is 0 Å². The van der Waals surface area contributed by atoms with E-state index in [9.17, 15) is 4.79 Å². The van der Waals surface area contributed by atoms with Gasteiger partial charge in [0.25, 0.3) is 0 Å². The average molecular weight is 367 g/mol. The van der Waals surface area contributed by atoms with Crippen LogP contribution in [0.4, 0.5) is 0 Å². The highest BCUT2D eigenvalue weighted by molar-refractivity contribution is 5.98. The second kappa shape index (κ2) is 5.29. The van der Waals surface area contributed by atoms with Gasteiger partial charge in [0, 0.05) is 12.1 Å². The number of carbonyl (C=O) groups is 1. The Bertz CT molecular complexity index is 987. The van der Waals surface area contributed by atoms with E-state index in [2.05, 4.69) is 18.0 Å². The first-order chi connectivity index (χ1) is 13.2. The van der Waals surface area contributed by atoms with Gasteiger partial charge in [0.15, 0.2) is 23.0 Å². The number of rotatable bonds is 1. The number of carbonyl (C=O) groups excluding carboxylic acids is 1. The molecule has 4 heterocycles. The highest BCUT2D eigenvalue weighted by Gasteiger charge is 2.45. The van der Waals surface area contributed by atoms with Crippen LogP contribution in [0.1, 0.15) is 39.2 Å². The summed E-state index contributed by atoms with van der Waals surface area (Å²) in [6.45, 7) is 1.23. The van der Waals surface area contributed by atoms with Gasteiger partial charge in [0.1, 0.15) is 11.7 Å². The van der Waals surface area contributed by atoms with Crippen molar-refractivity contribution < 1.29 is 28.5 Å². The van der Waals surface area contributed by atoms with Crippen molar-refractivity contribution in [2.75, 3.05) is 27.2 Å². The number of esters is 1. The summed E-state index contributed by atoms with van der Waals surface area (Å²) in [6.07, 6.45) is 0.500. The van der Waals surface area contributed by atoms with E-state index in [-0.39, 0.29) is 25.6 Å². The molecule has 0 N–H and O–H groups in total. The maximum absolute atomic E-state index is 12.7. The molecule has 0 bridgehead atoms. The topological polar surface area (TPSA) is 66.5 Å². The van der Waals surface area contributed by atoms with Crippen LogP contribution in [0.15, 0.2) is 24.3 Å². The molecule has 7 heteroatoms. The summed E-state index contributed by atoms with van der Waals surface area (Å²) < 4.78 is 27.9. The van der Waals surface area contributed by atoms with Gasteiger partial charge in [0.05, 0.1) is 6.04 Å². The Hall–Kier alpha value is -2.93. The van der Waals surface area contributed by atoms with Crippen molar-refractivity contribution >= 4 is 5.97 Å². The Morgan fingerprint density at radius 2 is 1.74 bits per heavy atom. The smallest absolute Gasteiger partial charge is 0.343 e. The molecule has 4 aliphatic heterocycles. The van der Waals surface area contributed by atoms with E-state index in [0.29, 0.717) is 17.1 Å². The summed E-state index contributed by atoms with van der Waals surface area (Å²) in [7, 11) is 2.05. The van der Waals surface area contributed by atoms with Crippen molar-refractivity contribution in [3.05, 3.63) is 46.5 Å². The van der Waals surface area contributed by atoms with Gasteiger partial charge >= 0.3 is 5.97 Å². The summed E-state index contributed by atoms with van der Waals surface area (Å²) in [6, 6.07) is 7.73. The van der Waals surface area contributed by atoms with Crippen LogP contribution in [0.3, 0.4) is 0 Å². The van der Waals surface area contributed by atoms with Crippen molar-refractivity contribution in [2.45, 2.75) is 18.6 Å². The zero-order valence-electron chi connectivity index (χ0n) is 14.7. The first-order valence-electron chi connectivity index (χ1n) is 8.97. The molecule has 0 fully saturated rings. The maximum atomic E-state index is 12.7. The number of fused-ring (bicyclic) bond motifs is 5. The lowest BCUT2D eigenvalue weighted by molar-refractivity contribution is 0.00932. The number of benzene rings is 2. The third kappa shape index (κ3) is 2.03. The molecule has 0 aliphatic carbocycles. The maximum Gasteiger partial charge on any atom is 0.343 e. The standard InChI is InChI=1S/C20H17NO6/c1-21-5-4-10-6-14-15(25-8-24-14)7-12(10)17(21)18-11-2-3-13-19(26-9-23-13)16(11)20(22)27-18/h2-3,6-7,17-18H,4-5,8-9H2,1H3/t17-,18?/m0/s1. The van der Waals surface area contributed by atoms with Crippen molar-refractivity contribution in [2.24, 2.45) is 0 Å². The van der Waals surface area contributed by atoms with Gasteiger partial charge in [-0.3, -0.25) is 4.90 Å². The first-order valence-corrected chi connectivity index (χ1v) is 8.97. The van der Waals surface area contributed by atoms with Crippen LogP contribution < -0.4 is 18.9 Å². The number of ether oxygens (including phenoxy) is 5. The Morgan fingerprint density at radius 1 is 0.963 bits per heavy atom. The average Bonchev–Trinajstić information content (AvgIpc) is 3.38. The van der Waals surface area contributed by atoms with Crippen molar-refractivity contribution in [3.8, 4) is 23.0 Å². The predicted molar refractivity (Wildman–Crippen MR) is 92.4 cm³/mol. The zero-order chi connectivity index (χ0) is 18.1. The second-order valence-corrected chi connectivity index (χ2v) is 7.17. The van der Waals surface area contributed by atoms with Gasteiger partial charge in [-0.15, -0.1) is 0 Å². The SMILES string of the molecule is CN1CCc2cc3c(cc2[C@H]1C1OC(=O)c2c1ccc1c2OCO1)OCO3. The molecule has 2 aromatic carbocycles. The molecular formula is C20H17NO6. The third-order valence-corrected chi connectivity index (χ3v) is 5.76. The molecule has 138 valence electrons. The molecule has 1 unspecified atom stereocenters. The summed E-state index contributed by atoms with van der Waals surface area (Å²) in [5, 5.41) is 0. The number of hydrogen-bond acceptors (Lipinski definition) is 7. The second-order valence-electron chi connectivity index (χ2n) is 7.17. The van der Waals surface area contributed by atoms with E-state index in [4.69, 9.17) is 23.7 Å². The van der Waals surface area contributed by atoms with Crippen molar-refractivity contribution in [1.82, 2.24) is 4.90 Å². The zero-order valence-corrected chi connectivity index (χ0v) is 14.7. The van der Waals surface area contributed by atoms with Gasteiger partial charge in [0.2, 0.25) is 13.6 Å². The van der Waals surface area contributed by atoms with E-state index in [1.807, 2.05) is 18.2 Å². The Kier molecular flexibility index (Phi) is 2.97. The number of hydrogen-bond donors (Lipinski definition) is 0. The van der Waals surface area contributed by atoms with Crippen LogP contribution >= 0.6 is 0 Å². The van der Waals surface area contributed by atoms with Gasteiger partial charge < -0.3 is 23.7 Å². The molecule has 0 spiro atoms. The molecule has 7 nitrogen and oxygen atoms in total. The quantitative estimate of drug-likeness (QED) is 0.718. The summed E-state index contributed by atoms with van der Waals surface area (Å²) in [4.78, 5) is 14.9. The highest BCUT2D eigenvalue weighted by atomic mass is 16.7. The lowest BCUT2D eigenvalue weighted by Crippen LogP contribution is -2.36. The summed E-state index contributed by atoms with van der Waals surface area (Å²) in [5.74, 6) is 2.24. The normalized spacial score (nSPS) is 24.6. The Balaban J connectivity index is 1.49. The Morgan fingerprint density at radius 3 is 2.63 bits per heavy atom. The Labute approximate surface area is 155 Å². The van der Waals surface area contributed by atoms with Crippen LogP contribution in [0.25, 0.3) is 0 Å². The van der Waals surface area contributed by atoms with Crippen molar-refractivity contribution in [3.63, 3.8) is 0 Å². The predicted octanol–water partition coefficient (Wildman–Crippen LogP) is 2.58. The largest absolute Gasteiger partial charge is 0.454 e. The fraction of sp³-hybridized carbons (Fsp3) is 0.350. The van der Waals surface area contributed by atoms with E-state index < -0.39 is 6.10 Å². The first kappa shape index (κ1) is 15.2. The lowest BCUT2D eigenvalue weighted by Gasteiger charge is -2.37. The molecular weight excluding hydrogens is 350 g/mol. The van der Waals surface area contributed by atoms with Crippen LogP contribution in [0, 0.1) is 0 Å². The number of nitrogens with zero attached hydrogens (tertiary/aromatic N) is 1. The van der Waals surface area contributed by atoms with Crippen LogP contribution in [0.2, 0.25) is 0 Å². The summed E-state index contributed by atoms with van der Waals surface area (Å²) in [5.41, 5.74) is 3.63. The number of cyclic esters (lactones) is 1. The van der Waals surface area contributed by atoms with Crippen LogP contribution in [0.5, 0.6) is 23.0 Å². The van der Waals surface area contributed by atoms with Gasteiger partial charge in [-0.2, -0.15) is 0 Å². The fourth-order valence-electron chi connectivity index (χ4n) is 4.47. The van der Waals surface area contributed by atoms with Crippen molar-refractivity contribution in [1.29, 1.82) is 0 Å². The molecule has 2 aromatic rings. The fourth-order valence-corrected chi connectivity index (χ4v) is 4.47. The van der Waals surface area contributed by atoms with Gasteiger partial charge in [-0.1, -0.05) is 6.07 Å². The molecule has 6 rings (SSSR count). The minimum absolute atomic E-state index is 0.103. The lowest BCUT2D eigenvalue weighted by atomic mass is 9.86. The van der Waals surface area contributed by atoms with E-state index in [0.717, 1.165) is 35.6 Å². The number of likely N-dealkylation sites (N-methyl/N-ethyl adjacent to an activating group) is 1. The molecule has 0 saturated carbocycles.